The van der Waals surface area contributed by atoms with E-state index in [9.17, 15) is 9.59 Å². The standard InChI is InChI=1S/C10H13NO4/c1-3-8(10(13)14)11-9(12)7-4-5-15-6(7)2/h4-5,8H,3H2,1-2H3,(H,11,12)(H,13,14). The van der Waals surface area contributed by atoms with Crippen LogP contribution in [0.4, 0.5) is 0 Å². The van der Waals surface area contributed by atoms with Crippen molar-refractivity contribution < 1.29 is 19.1 Å². The van der Waals surface area contributed by atoms with Crippen LogP contribution in [0.3, 0.4) is 0 Å². The van der Waals surface area contributed by atoms with Gasteiger partial charge in [0, 0.05) is 0 Å². The first-order chi connectivity index (χ1) is 7.06. The molecule has 1 aromatic rings. The van der Waals surface area contributed by atoms with Gasteiger partial charge >= 0.3 is 5.97 Å². The molecule has 0 aliphatic rings. The van der Waals surface area contributed by atoms with Gasteiger partial charge < -0.3 is 14.8 Å². The molecule has 1 heterocycles. The van der Waals surface area contributed by atoms with Gasteiger partial charge in [-0.3, -0.25) is 4.79 Å². The number of furan rings is 1. The predicted molar refractivity (Wildman–Crippen MR) is 52.6 cm³/mol. The summed E-state index contributed by atoms with van der Waals surface area (Å²) >= 11 is 0. The number of carboxylic acid groups (broad SMARTS) is 1. The van der Waals surface area contributed by atoms with Crippen LogP contribution in [0.25, 0.3) is 0 Å². The van der Waals surface area contributed by atoms with E-state index in [1.165, 1.54) is 12.3 Å². The SMILES string of the molecule is CCC(NC(=O)c1ccoc1C)C(=O)O. The van der Waals surface area contributed by atoms with E-state index >= 15 is 0 Å². The van der Waals surface area contributed by atoms with Crippen molar-refractivity contribution >= 4 is 11.9 Å². The lowest BCUT2D eigenvalue weighted by Gasteiger charge is -2.11. The lowest BCUT2D eigenvalue weighted by Crippen LogP contribution is -2.40. The highest BCUT2D eigenvalue weighted by atomic mass is 16.4. The number of rotatable bonds is 4. The molecule has 0 aliphatic heterocycles. The Balaban J connectivity index is 2.71. The number of carbonyl (C=O) groups excluding carboxylic acids is 1. The molecule has 82 valence electrons. The molecule has 1 amide bonds. The third-order valence-corrected chi connectivity index (χ3v) is 2.12. The van der Waals surface area contributed by atoms with Crippen LogP contribution in [0.2, 0.25) is 0 Å². The van der Waals surface area contributed by atoms with Crippen molar-refractivity contribution in [1.29, 1.82) is 0 Å². The molecule has 5 heteroatoms. The molecule has 0 radical (unpaired) electrons. The third kappa shape index (κ3) is 2.59. The summed E-state index contributed by atoms with van der Waals surface area (Å²) < 4.78 is 4.95. The van der Waals surface area contributed by atoms with Gasteiger partial charge in [-0.15, -0.1) is 0 Å². The van der Waals surface area contributed by atoms with Crippen LogP contribution >= 0.6 is 0 Å². The zero-order valence-corrected chi connectivity index (χ0v) is 8.61. The van der Waals surface area contributed by atoms with Gasteiger partial charge in [0.2, 0.25) is 0 Å². The molecular weight excluding hydrogens is 198 g/mol. The number of aryl methyl sites for hydroxylation is 1. The van der Waals surface area contributed by atoms with Gasteiger partial charge in [0.1, 0.15) is 11.8 Å². The topological polar surface area (TPSA) is 79.5 Å². The summed E-state index contributed by atoms with van der Waals surface area (Å²) in [6.45, 7) is 3.35. The Kier molecular flexibility index (Phi) is 3.49. The first-order valence-electron chi connectivity index (χ1n) is 4.64. The monoisotopic (exact) mass is 211 g/mol. The van der Waals surface area contributed by atoms with Gasteiger partial charge in [-0.2, -0.15) is 0 Å². The first kappa shape index (κ1) is 11.3. The Hall–Kier alpha value is -1.78. The molecule has 0 bridgehead atoms. The zero-order chi connectivity index (χ0) is 11.4. The van der Waals surface area contributed by atoms with E-state index in [1.54, 1.807) is 13.8 Å². The maximum atomic E-state index is 11.6. The predicted octanol–water partition coefficient (Wildman–Crippen LogP) is 1.18. The van der Waals surface area contributed by atoms with Gasteiger partial charge in [-0.25, -0.2) is 4.79 Å². The molecule has 1 aromatic heterocycles. The molecule has 0 fully saturated rings. The molecule has 0 aliphatic carbocycles. The summed E-state index contributed by atoms with van der Waals surface area (Å²) in [5, 5.41) is 11.2. The summed E-state index contributed by atoms with van der Waals surface area (Å²) in [6, 6.07) is 0.658. The molecule has 0 saturated carbocycles. The summed E-state index contributed by atoms with van der Waals surface area (Å²) in [4.78, 5) is 22.2. The zero-order valence-electron chi connectivity index (χ0n) is 8.61. The summed E-state index contributed by atoms with van der Waals surface area (Å²) in [5.74, 6) is -0.977. The second kappa shape index (κ2) is 4.63. The highest BCUT2D eigenvalue weighted by molar-refractivity contribution is 5.97. The van der Waals surface area contributed by atoms with Crippen LogP contribution < -0.4 is 5.32 Å². The molecule has 1 atom stereocenters. The van der Waals surface area contributed by atoms with Crippen molar-refractivity contribution in [3.05, 3.63) is 23.7 Å². The Morgan fingerprint density at radius 2 is 2.27 bits per heavy atom. The van der Waals surface area contributed by atoms with E-state index in [2.05, 4.69) is 5.32 Å². The van der Waals surface area contributed by atoms with Crippen LogP contribution in [0.15, 0.2) is 16.7 Å². The Morgan fingerprint density at radius 1 is 1.60 bits per heavy atom. The molecule has 5 nitrogen and oxygen atoms in total. The minimum Gasteiger partial charge on any atom is -0.480 e. The quantitative estimate of drug-likeness (QED) is 0.783. The largest absolute Gasteiger partial charge is 0.480 e. The van der Waals surface area contributed by atoms with Crippen molar-refractivity contribution in [2.45, 2.75) is 26.3 Å². The van der Waals surface area contributed by atoms with Gasteiger partial charge in [-0.05, 0) is 19.4 Å². The summed E-state index contributed by atoms with van der Waals surface area (Å²) in [7, 11) is 0. The minimum atomic E-state index is -1.04. The Morgan fingerprint density at radius 3 is 2.67 bits per heavy atom. The summed E-state index contributed by atoms with van der Waals surface area (Å²) in [6.07, 6.45) is 1.74. The molecule has 15 heavy (non-hydrogen) atoms. The number of aliphatic carboxylic acids is 1. The molecule has 0 saturated heterocycles. The molecule has 0 spiro atoms. The van der Waals surface area contributed by atoms with Crippen molar-refractivity contribution in [1.82, 2.24) is 5.32 Å². The second-order valence-electron chi connectivity index (χ2n) is 3.16. The Bertz CT molecular complexity index is 369. The van der Waals surface area contributed by atoms with E-state index in [0.29, 0.717) is 17.7 Å². The highest BCUT2D eigenvalue weighted by Crippen LogP contribution is 2.08. The number of carboxylic acids is 1. The fourth-order valence-electron chi connectivity index (χ4n) is 1.19. The highest BCUT2D eigenvalue weighted by Gasteiger charge is 2.20. The van der Waals surface area contributed by atoms with Crippen LogP contribution in [0.5, 0.6) is 0 Å². The molecule has 0 aromatic carbocycles. The van der Waals surface area contributed by atoms with Crippen LogP contribution in [0.1, 0.15) is 29.5 Å². The normalized spacial score (nSPS) is 12.1. The molecule has 2 N–H and O–H groups in total. The fraction of sp³-hybridized carbons (Fsp3) is 0.400. The molecule has 1 rings (SSSR count). The maximum Gasteiger partial charge on any atom is 0.326 e. The fourth-order valence-corrected chi connectivity index (χ4v) is 1.19. The van der Waals surface area contributed by atoms with Crippen LogP contribution in [-0.2, 0) is 4.79 Å². The van der Waals surface area contributed by atoms with E-state index in [-0.39, 0.29) is 0 Å². The van der Waals surface area contributed by atoms with E-state index in [0.717, 1.165) is 0 Å². The number of hydrogen-bond acceptors (Lipinski definition) is 3. The van der Waals surface area contributed by atoms with Crippen molar-refractivity contribution in [3.8, 4) is 0 Å². The van der Waals surface area contributed by atoms with Crippen molar-refractivity contribution in [2.75, 3.05) is 0 Å². The van der Waals surface area contributed by atoms with Gasteiger partial charge in [-0.1, -0.05) is 6.92 Å². The third-order valence-electron chi connectivity index (χ3n) is 2.12. The first-order valence-corrected chi connectivity index (χ1v) is 4.64. The Labute approximate surface area is 87.1 Å². The van der Waals surface area contributed by atoms with Gasteiger partial charge in [0.05, 0.1) is 11.8 Å². The average molecular weight is 211 g/mol. The van der Waals surface area contributed by atoms with E-state index < -0.39 is 17.9 Å². The number of amides is 1. The van der Waals surface area contributed by atoms with Crippen LogP contribution in [-0.4, -0.2) is 23.0 Å². The minimum absolute atomic E-state index is 0.345. The van der Waals surface area contributed by atoms with Crippen molar-refractivity contribution in [3.63, 3.8) is 0 Å². The van der Waals surface area contributed by atoms with E-state index in [4.69, 9.17) is 9.52 Å². The number of hydrogen-bond donors (Lipinski definition) is 2. The van der Waals surface area contributed by atoms with E-state index in [1.807, 2.05) is 0 Å². The van der Waals surface area contributed by atoms with Gasteiger partial charge in [0.15, 0.2) is 0 Å². The van der Waals surface area contributed by atoms with Gasteiger partial charge in [0.25, 0.3) is 5.91 Å². The smallest absolute Gasteiger partial charge is 0.326 e. The van der Waals surface area contributed by atoms with Crippen molar-refractivity contribution in [2.24, 2.45) is 0 Å². The summed E-state index contributed by atoms with van der Waals surface area (Å²) in [5.41, 5.74) is 0.370. The number of nitrogens with one attached hydrogen (secondary N) is 1. The lowest BCUT2D eigenvalue weighted by molar-refractivity contribution is -0.139. The molecule has 1 unspecified atom stereocenters. The number of carbonyl (C=O) groups is 2. The lowest BCUT2D eigenvalue weighted by atomic mass is 10.2. The van der Waals surface area contributed by atoms with Crippen LogP contribution in [0, 0.1) is 6.92 Å². The average Bonchev–Trinajstić information content (AvgIpc) is 2.60. The second-order valence-corrected chi connectivity index (χ2v) is 3.16. The molecular formula is C10H13NO4. The maximum absolute atomic E-state index is 11.6.